The number of piperazine rings is 1. The van der Waals surface area contributed by atoms with Crippen molar-refractivity contribution in [3.63, 3.8) is 0 Å². The van der Waals surface area contributed by atoms with Crippen LogP contribution in [0.15, 0.2) is 24.3 Å². The second-order valence-electron chi connectivity index (χ2n) is 7.77. The molecular weight excluding hydrogens is 358 g/mol. The van der Waals surface area contributed by atoms with Gasteiger partial charge in [-0.2, -0.15) is 0 Å². The minimum absolute atomic E-state index is 0.0640. The molecule has 1 unspecified atom stereocenters. The number of ether oxygens (including phenoxy) is 1. The van der Waals surface area contributed by atoms with Crippen molar-refractivity contribution in [3.05, 3.63) is 29.8 Å². The lowest BCUT2D eigenvalue weighted by atomic mass is 10.0. The fourth-order valence-corrected chi connectivity index (χ4v) is 3.13. The van der Waals surface area contributed by atoms with Crippen LogP contribution in [0.4, 0.5) is 5.69 Å². The summed E-state index contributed by atoms with van der Waals surface area (Å²) in [5.41, 5.74) is 2.03. The van der Waals surface area contributed by atoms with Gasteiger partial charge < -0.3 is 20.3 Å². The van der Waals surface area contributed by atoms with E-state index in [9.17, 15) is 14.4 Å². The van der Waals surface area contributed by atoms with E-state index in [1.165, 1.54) is 4.90 Å². The highest BCUT2D eigenvalue weighted by molar-refractivity contribution is 5.93. The van der Waals surface area contributed by atoms with E-state index < -0.39 is 12.0 Å². The zero-order chi connectivity index (χ0) is 20.7. The van der Waals surface area contributed by atoms with E-state index in [2.05, 4.69) is 24.5 Å². The molecule has 1 atom stereocenters. The number of anilines is 1. The molecule has 2 N–H and O–H groups in total. The molecule has 154 valence electrons. The van der Waals surface area contributed by atoms with E-state index in [-0.39, 0.29) is 30.7 Å². The lowest BCUT2D eigenvalue weighted by Gasteiger charge is -2.34. The number of benzene rings is 1. The van der Waals surface area contributed by atoms with Gasteiger partial charge in [-0.3, -0.25) is 14.4 Å². The largest absolute Gasteiger partial charge is 0.465 e. The molecule has 0 spiro atoms. The highest BCUT2D eigenvalue weighted by Gasteiger charge is 2.35. The molecule has 1 aromatic carbocycles. The Bertz CT molecular complexity index is 703. The second-order valence-corrected chi connectivity index (χ2v) is 7.77. The summed E-state index contributed by atoms with van der Waals surface area (Å²) in [6, 6.07) is 7.02. The van der Waals surface area contributed by atoms with Gasteiger partial charge in [-0.1, -0.05) is 45.9 Å². The maximum atomic E-state index is 12.8. The van der Waals surface area contributed by atoms with Gasteiger partial charge in [0.1, 0.15) is 6.04 Å². The zero-order valence-corrected chi connectivity index (χ0v) is 17.2. The number of amides is 2. The van der Waals surface area contributed by atoms with Crippen LogP contribution in [0.5, 0.6) is 0 Å². The molecule has 1 heterocycles. The summed E-state index contributed by atoms with van der Waals surface area (Å²) in [6.07, 6.45) is -0.132. The van der Waals surface area contributed by atoms with Crippen LogP contribution in [0, 0.1) is 5.92 Å². The van der Waals surface area contributed by atoms with E-state index in [1.54, 1.807) is 0 Å². The van der Waals surface area contributed by atoms with Gasteiger partial charge in [0.25, 0.3) is 0 Å². The molecule has 1 fully saturated rings. The van der Waals surface area contributed by atoms with Crippen LogP contribution >= 0.6 is 0 Å². The minimum atomic E-state index is -0.831. The number of esters is 1. The number of rotatable bonds is 8. The third-order valence-corrected chi connectivity index (χ3v) is 4.60. The second kappa shape index (κ2) is 10.1. The van der Waals surface area contributed by atoms with Crippen molar-refractivity contribution in [2.24, 2.45) is 5.92 Å². The van der Waals surface area contributed by atoms with Crippen molar-refractivity contribution in [2.75, 3.05) is 31.6 Å². The summed E-state index contributed by atoms with van der Waals surface area (Å²) in [5, 5.41) is 5.91. The first-order valence-electron chi connectivity index (χ1n) is 9.85. The van der Waals surface area contributed by atoms with E-state index in [0.717, 1.165) is 11.3 Å². The van der Waals surface area contributed by atoms with Gasteiger partial charge in [0.15, 0.2) is 0 Å². The van der Waals surface area contributed by atoms with E-state index in [1.807, 2.05) is 38.1 Å². The molecule has 0 bridgehead atoms. The molecule has 0 saturated carbocycles. The van der Waals surface area contributed by atoms with Gasteiger partial charge in [0.2, 0.25) is 11.8 Å². The molecule has 1 aliphatic heterocycles. The van der Waals surface area contributed by atoms with Gasteiger partial charge >= 0.3 is 5.97 Å². The Labute approximate surface area is 166 Å². The van der Waals surface area contributed by atoms with Crippen LogP contribution in [0.3, 0.4) is 0 Å². The molecule has 1 aliphatic rings. The smallest absolute Gasteiger partial charge is 0.308 e. The first-order valence-corrected chi connectivity index (χ1v) is 9.85. The van der Waals surface area contributed by atoms with Crippen LogP contribution in [-0.4, -0.2) is 55.0 Å². The van der Waals surface area contributed by atoms with Gasteiger partial charge in [-0.25, -0.2) is 0 Å². The van der Waals surface area contributed by atoms with Gasteiger partial charge in [0.05, 0.1) is 19.6 Å². The third kappa shape index (κ3) is 5.97. The zero-order valence-electron chi connectivity index (χ0n) is 17.2. The Morgan fingerprint density at radius 3 is 2.64 bits per heavy atom. The van der Waals surface area contributed by atoms with Crippen molar-refractivity contribution in [1.82, 2.24) is 10.2 Å². The van der Waals surface area contributed by atoms with Crippen molar-refractivity contribution < 1.29 is 19.1 Å². The number of hydrogen-bond donors (Lipinski definition) is 2. The Balaban J connectivity index is 2.01. The van der Waals surface area contributed by atoms with Crippen LogP contribution in [0.25, 0.3) is 0 Å². The highest BCUT2D eigenvalue weighted by Crippen LogP contribution is 2.23. The molecule has 2 amide bonds. The first kappa shape index (κ1) is 21.7. The summed E-state index contributed by atoms with van der Waals surface area (Å²) in [4.78, 5) is 38.6. The average molecular weight is 389 g/mol. The Morgan fingerprint density at radius 1 is 1.25 bits per heavy atom. The normalized spacial score (nSPS) is 16.9. The monoisotopic (exact) mass is 389 g/mol. The molecule has 1 saturated heterocycles. The molecule has 0 radical (unpaired) electrons. The predicted octanol–water partition coefficient (Wildman–Crippen LogP) is 2.14. The van der Waals surface area contributed by atoms with Crippen LogP contribution < -0.4 is 10.6 Å². The number of carbonyl (C=O) groups excluding carboxylic acids is 3. The lowest BCUT2D eigenvalue weighted by molar-refractivity contribution is -0.152. The molecule has 28 heavy (non-hydrogen) atoms. The Kier molecular flexibility index (Phi) is 7.84. The van der Waals surface area contributed by atoms with Crippen molar-refractivity contribution in [3.8, 4) is 0 Å². The Hall–Kier alpha value is -2.57. The van der Waals surface area contributed by atoms with Crippen molar-refractivity contribution in [2.45, 2.75) is 46.1 Å². The summed E-state index contributed by atoms with van der Waals surface area (Å²) in [6.45, 7) is 9.19. The van der Waals surface area contributed by atoms with E-state index in [0.29, 0.717) is 25.6 Å². The molecule has 0 aliphatic carbocycles. The quantitative estimate of drug-likeness (QED) is 0.665. The van der Waals surface area contributed by atoms with Crippen molar-refractivity contribution in [1.29, 1.82) is 0 Å². The van der Waals surface area contributed by atoms with Crippen LogP contribution in [0.2, 0.25) is 0 Å². The maximum Gasteiger partial charge on any atom is 0.308 e. The third-order valence-electron chi connectivity index (χ3n) is 4.60. The molecule has 7 nitrogen and oxygen atoms in total. The van der Waals surface area contributed by atoms with Crippen LogP contribution in [-0.2, 0) is 19.1 Å². The fraction of sp³-hybridized carbons (Fsp3) is 0.571. The Morgan fingerprint density at radius 2 is 1.96 bits per heavy atom. The van der Waals surface area contributed by atoms with Crippen LogP contribution in [0.1, 0.15) is 45.6 Å². The topological polar surface area (TPSA) is 87.7 Å². The highest BCUT2D eigenvalue weighted by atomic mass is 16.5. The predicted molar refractivity (Wildman–Crippen MR) is 108 cm³/mol. The number of hydrogen-bond acceptors (Lipinski definition) is 5. The number of nitrogens with zero attached hydrogens (tertiary/aromatic N) is 1. The summed E-state index contributed by atoms with van der Waals surface area (Å²) in [5.74, 6) is -0.458. The molecular formula is C21H31N3O4. The summed E-state index contributed by atoms with van der Waals surface area (Å²) in [7, 11) is 0. The molecule has 1 aromatic rings. The van der Waals surface area contributed by atoms with Gasteiger partial charge in [-0.05, 0) is 23.5 Å². The van der Waals surface area contributed by atoms with Gasteiger partial charge in [-0.15, -0.1) is 0 Å². The summed E-state index contributed by atoms with van der Waals surface area (Å²) < 4.78 is 5.18. The van der Waals surface area contributed by atoms with E-state index in [4.69, 9.17) is 4.74 Å². The van der Waals surface area contributed by atoms with Gasteiger partial charge in [0, 0.05) is 18.8 Å². The minimum Gasteiger partial charge on any atom is -0.465 e. The average Bonchev–Trinajstić information content (AvgIpc) is 2.66. The maximum absolute atomic E-state index is 12.8. The number of carbonyl (C=O) groups is 3. The standard InChI is InChI=1S/C21H31N3O4/c1-14(2)13-28-20(26)11-18-21(27)22-9-10-24(18)19(25)12-23-17-8-6-5-7-16(17)15(3)4/h5-8,14-15,18,23H,9-13H2,1-4H3,(H,22,27). The SMILES string of the molecule is CC(C)COC(=O)CC1C(=O)NCCN1C(=O)CNc1ccccc1C(C)C. The molecule has 2 rings (SSSR count). The first-order chi connectivity index (χ1) is 13.3. The molecule has 0 aromatic heterocycles. The van der Waals surface area contributed by atoms with Crippen molar-refractivity contribution >= 4 is 23.5 Å². The number of para-hydroxylation sites is 1. The molecule has 7 heteroatoms. The lowest BCUT2D eigenvalue weighted by Crippen LogP contribution is -2.58. The van der Waals surface area contributed by atoms with E-state index >= 15 is 0 Å². The fourth-order valence-electron chi connectivity index (χ4n) is 3.13. The number of nitrogens with one attached hydrogen (secondary N) is 2. The summed E-state index contributed by atoms with van der Waals surface area (Å²) >= 11 is 0.